The van der Waals surface area contributed by atoms with Crippen LogP contribution in [0, 0.1) is 12.8 Å². The van der Waals surface area contributed by atoms with Crippen LogP contribution in [-0.4, -0.2) is 19.3 Å². The average Bonchev–Trinajstić information content (AvgIpc) is 2.95. The molecule has 0 N–H and O–H groups in total. The second-order valence-corrected chi connectivity index (χ2v) is 6.31. The Hall–Kier alpha value is -1.03. The van der Waals surface area contributed by atoms with E-state index in [0.29, 0.717) is 12.0 Å². The molecule has 20 heavy (non-hydrogen) atoms. The standard InChI is InChI=1S/C15H25ClN4/c1-7-9(3)12(6)20-14(10(4)16)17-13-11(5)18-19(8-2)15(13)20/h9-10,12H,7-8H2,1-6H3. The second kappa shape index (κ2) is 5.76. The first-order valence-electron chi connectivity index (χ1n) is 7.51. The second-order valence-electron chi connectivity index (χ2n) is 5.66. The third-order valence-electron chi connectivity index (χ3n) is 4.30. The summed E-state index contributed by atoms with van der Waals surface area (Å²) in [6, 6.07) is 0.364. The molecule has 2 rings (SSSR count). The molecular weight excluding hydrogens is 272 g/mol. The van der Waals surface area contributed by atoms with E-state index in [0.717, 1.165) is 35.6 Å². The van der Waals surface area contributed by atoms with Gasteiger partial charge in [0.25, 0.3) is 0 Å². The van der Waals surface area contributed by atoms with Crippen molar-refractivity contribution in [1.29, 1.82) is 0 Å². The maximum absolute atomic E-state index is 6.36. The van der Waals surface area contributed by atoms with E-state index in [9.17, 15) is 0 Å². The van der Waals surface area contributed by atoms with Crippen LogP contribution < -0.4 is 0 Å². The SMILES string of the molecule is CCC(C)C(C)n1c(C(C)Cl)nc2c(C)nn(CC)c21. The van der Waals surface area contributed by atoms with Gasteiger partial charge in [-0.3, -0.25) is 0 Å². The first-order chi connectivity index (χ1) is 9.42. The predicted molar refractivity (Wildman–Crippen MR) is 84.4 cm³/mol. The lowest BCUT2D eigenvalue weighted by molar-refractivity contribution is 0.364. The maximum atomic E-state index is 6.36. The van der Waals surface area contributed by atoms with Crippen molar-refractivity contribution in [2.75, 3.05) is 0 Å². The highest BCUT2D eigenvalue weighted by Crippen LogP contribution is 2.33. The van der Waals surface area contributed by atoms with Gasteiger partial charge in [0.15, 0.2) is 5.65 Å². The van der Waals surface area contributed by atoms with Crippen LogP contribution in [0.3, 0.4) is 0 Å². The third-order valence-corrected chi connectivity index (χ3v) is 4.50. The Morgan fingerprint density at radius 2 is 1.85 bits per heavy atom. The van der Waals surface area contributed by atoms with E-state index in [4.69, 9.17) is 16.6 Å². The van der Waals surface area contributed by atoms with Crippen molar-refractivity contribution in [2.45, 2.75) is 65.9 Å². The van der Waals surface area contributed by atoms with Gasteiger partial charge < -0.3 is 4.57 Å². The Kier molecular flexibility index (Phi) is 4.43. The summed E-state index contributed by atoms with van der Waals surface area (Å²) in [5, 5.41) is 4.49. The van der Waals surface area contributed by atoms with Gasteiger partial charge in [-0.05, 0) is 33.6 Å². The Morgan fingerprint density at radius 1 is 1.20 bits per heavy atom. The monoisotopic (exact) mass is 296 g/mol. The fourth-order valence-corrected chi connectivity index (χ4v) is 2.86. The van der Waals surface area contributed by atoms with Gasteiger partial charge in [-0.2, -0.15) is 5.10 Å². The van der Waals surface area contributed by atoms with E-state index in [1.165, 1.54) is 0 Å². The van der Waals surface area contributed by atoms with Crippen LogP contribution in [0.1, 0.15) is 64.0 Å². The Balaban J connectivity index is 2.73. The average molecular weight is 297 g/mol. The summed E-state index contributed by atoms with van der Waals surface area (Å²) < 4.78 is 4.34. The molecule has 3 atom stereocenters. The van der Waals surface area contributed by atoms with Crippen LogP contribution in [0.2, 0.25) is 0 Å². The molecule has 2 aromatic rings. The minimum Gasteiger partial charge on any atom is -0.309 e. The van der Waals surface area contributed by atoms with E-state index < -0.39 is 0 Å². The molecule has 5 heteroatoms. The molecule has 0 aliphatic rings. The molecule has 4 nitrogen and oxygen atoms in total. The summed E-state index contributed by atoms with van der Waals surface area (Å²) in [5.74, 6) is 1.53. The lowest BCUT2D eigenvalue weighted by Gasteiger charge is -2.24. The lowest BCUT2D eigenvalue weighted by Crippen LogP contribution is -2.18. The van der Waals surface area contributed by atoms with Crippen molar-refractivity contribution >= 4 is 22.8 Å². The normalized spacial score (nSPS) is 16.6. The van der Waals surface area contributed by atoms with Gasteiger partial charge in [0, 0.05) is 12.6 Å². The summed E-state index contributed by atoms with van der Waals surface area (Å²) >= 11 is 6.36. The molecule has 0 spiro atoms. The van der Waals surface area contributed by atoms with E-state index in [1.807, 2.05) is 18.5 Å². The molecular formula is C15H25ClN4. The van der Waals surface area contributed by atoms with E-state index in [-0.39, 0.29) is 5.38 Å². The number of halogens is 1. The molecule has 0 amide bonds. The van der Waals surface area contributed by atoms with Gasteiger partial charge in [0.1, 0.15) is 11.3 Å². The van der Waals surface area contributed by atoms with Crippen LogP contribution in [-0.2, 0) is 6.54 Å². The quantitative estimate of drug-likeness (QED) is 0.763. The van der Waals surface area contributed by atoms with E-state index in [1.54, 1.807) is 0 Å². The minimum absolute atomic E-state index is 0.0985. The number of hydrogen-bond donors (Lipinski definition) is 0. The fraction of sp³-hybridized carbons (Fsp3) is 0.733. The van der Waals surface area contributed by atoms with Crippen molar-refractivity contribution in [1.82, 2.24) is 19.3 Å². The van der Waals surface area contributed by atoms with Crippen molar-refractivity contribution < 1.29 is 0 Å². The third kappa shape index (κ3) is 2.34. The highest BCUT2D eigenvalue weighted by Gasteiger charge is 2.25. The number of aryl methyl sites for hydroxylation is 2. The molecule has 3 unspecified atom stereocenters. The van der Waals surface area contributed by atoms with Crippen LogP contribution in [0.5, 0.6) is 0 Å². The molecule has 0 fully saturated rings. The number of alkyl halides is 1. The lowest BCUT2D eigenvalue weighted by atomic mass is 10.0. The van der Waals surface area contributed by atoms with Gasteiger partial charge in [0.2, 0.25) is 0 Å². The van der Waals surface area contributed by atoms with Gasteiger partial charge in [0.05, 0.1) is 11.1 Å². The van der Waals surface area contributed by atoms with E-state index in [2.05, 4.69) is 37.4 Å². The number of nitrogens with zero attached hydrogens (tertiary/aromatic N) is 4. The smallest absolute Gasteiger partial charge is 0.159 e. The van der Waals surface area contributed by atoms with Crippen LogP contribution in [0.4, 0.5) is 0 Å². The van der Waals surface area contributed by atoms with Crippen molar-refractivity contribution in [3.8, 4) is 0 Å². The molecule has 0 radical (unpaired) electrons. The molecule has 0 aromatic carbocycles. The Morgan fingerprint density at radius 3 is 2.35 bits per heavy atom. The van der Waals surface area contributed by atoms with Crippen molar-refractivity contribution in [3.63, 3.8) is 0 Å². The molecule has 112 valence electrons. The zero-order valence-corrected chi connectivity index (χ0v) is 14.1. The van der Waals surface area contributed by atoms with Crippen molar-refractivity contribution in [2.24, 2.45) is 5.92 Å². The van der Waals surface area contributed by atoms with Gasteiger partial charge >= 0.3 is 0 Å². The number of aromatic nitrogens is 4. The largest absolute Gasteiger partial charge is 0.309 e. The summed E-state index contributed by atoms with van der Waals surface area (Å²) in [7, 11) is 0. The molecule has 0 aliphatic carbocycles. The van der Waals surface area contributed by atoms with Gasteiger partial charge in [-0.15, -0.1) is 11.6 Å². The topological polar surface area (TPSA) is 35.6 Å². The zero-order valence-electron chi connectivity index (χ0n) is 13.3. The maximum Gasteiger partial charge on any atom is 0.159 e. The molecule has 2 heterocycles. The summed E-state index contributed by atoms with van der Waals surface area (Å²) in [6.45, 7) is 13.7. The Labute approximate surface area is 126 Å². The Bertz CT molecular complexity index is 597. The van der Waals surface area contributed by atoms with Crippen molar-refractivity contribution in [3.05, 3.63) is 11.5 Å². The summed E-state index contributed by atoms with van der Waals surface area (Å²) in [5.41, 5.74) is 3.08. The molecule has 0 aliphatic heterocycles. The molecule has 0 saturated carbocycles. The predicted octanol–water partition coefficient (Wildman–Crippen LogP) is 4.47. The number of fused-ring (bicyclic) bond motifs is 1. The zero-order chi connectivity index (χ0) is 15.0. The van der Waals surface area contributed by atoms with Crippen LogP contribution in [0.25, 0.3) is 11.2 Å². The molecule has 0 saturated heterocycles. The first-order valence-corrected chi connectivity index (χ1v) is 7.95. The highest BCUT2D eigenvalue weighted by atomic mass is 35.5. The minimum atomic E-state index is -0.0985. The van der Waals surface area contributed by atoms with Crippen LogP contribution in [0.15, 0.2) is 0 Å². The number of rotatable bonds is 5. The van der Waals surface area contributed by atoms with Gasteiger partial charge in [-0.25, -0.2) is 9.67 Å². The first kappa shape index (κ1) is 15.4. The number of imidazole rings is 1. The molecule has 0 bridgehead atoms. The fourth-order valence-electron chi connectivity index (χ4n) is 2.70. The summed E-state index contributed by atoms with van der Waals surface area (Å²) in [6.07, 6.45) is 1.14. The summed E-state index contributed by atoms with van der Waals surface area (Å²) in [4.78, 5) is 4.77. The molecule has 2 aromatic heterocycles. The number of hydrogen-bond acceptors (Lipinski definition) is 2. The van der Waals surface area contributed by atoms with Gasteiger partial charge in [-0.1, -0.05) is 20.3 Å². The highest BCUT2D eigenvalue weighted by molar-refractivity contribution is 6.20. The van der Waals surface area contributed by atoms with E-state index >= 15 is 0 Å². The van der Waals surface area contributed by atoms with Crippen LogP contribution >= 0.6 is 11.6 Å².